The van der Waals surface area contributed by atoms with E-state index < -0.39 is 0 Å². The summed E-state index contributed by atoms with van der Waals surface area (Å²) in [4.78, 5) is 6.51. The summed E-state index contributed by atoms with van der Waals surface area (Å²) in [7, 11) is 1.99. The molecule has 0 heterocycles. The number of hydrogen-bond acceptors (Lipinski definition) is 2. The van der Waals surface area contributed by atoms with Gasteiger partial charge in [-0.2, -0.15) is 0 Å². The highest BCUT2D eigenvalue weighted by Gasteiger charge is 2.09. The quantitative estimate of drug-likeness (QED) is 0.438. The number of aryl methyl sites for hydroxylation is 1. The fourth-order valence-electron chi connectivity index (χ4n) is 1.75. The first-order valence-corrected chi connectivity index (χ1v) is 8.56. The smallest absolute Gasteiger partial charge is 0.141 e. The van der Waals surface area contributed by atoms with E-state index in [1.807, 2.05) is 61.6 Å². The molecule has 2 rings (SSSR count). The van der Waals surface area contributed by atoms with Gasteiger partial charge in [0.15, 0.2) is 0 Å². The number of hydrogen-bond donors (Lipinski definition) is 0. The fourth-order valence-corrected chi connectivity index (χ4v) is 2.54. The van der Waals surface area contributed by atoms with E-state index in [0.29, 0.717) is 0 Å². The summed E-state index contributed by atoms with van der Waals surface area (Å²) < 4.78 is 7.81. The first-order chi connectivity index (χ1) is 10.5. The zero-order valence-electron chi connectivity index (χ0n) is 12.8. The molecule has 0 N–H and O–H groups in total. The Kier molecular flexibility index (Phi) is 6.03. The Bertz CT molecular complexity index is 686. The van der Waals surface area contributed by atoms with Crippen LogP contribution in [0.4, 0.5) is 5.69 Å². The highest BCUT2D eigenvalue weighted by molar-refractivity contribution is 9.11. The molecular weight excluding hydrogens is 408 g/mol. The molecule has 0 radical (unpaired) electrons. The summed E-state index contributed by atoms with van der Waals surface area (Å²) in [6.45, 7) is 5.02. The minimum atomic E-state index is 0.791. The third kappa shape index (κ3) is 4.34. The average Bonchev–Trinajstić information content (AvgIpc) is 2.51. The van der Waals surface area contributed by atoms with Gasteiger partial charge in [0.1, 0.15) is 11.5 Å². The van der Waals surface area contributed by atoms with Gasteiger partial charge in [0, 0.05) is 18.1 Å². The Labute approximate surface area is 148 Å². The molecule has 0 unspecified atom stereocenters. The number of rotatable bonds is 5. The first-order valence-electron chi connectivity index (χ1n) is 6.98. The Hall–Kier alpha value is -1.33. The van der Waals surface area contributed by atoms with Crippen LogP contribution in [0.2, 0.25) is 0 Å². The normalized spacial score (nSPS) is 11.0. The van der Waals surface area contributed by atoms with Gasteiger partial charge in [-0.3, -0.25) is 0 Å². The lowest BCUT2D eigenvalue weighted by atomic mass is 10.2. The van der Waals surface area contributed by atoms with Crippen molar-refractivity contribution in [3.05, 3.63) is 50.9 Å². The van der Waals surface area contributed by atoms with E-state index in [9.17, 15) is 0 Å². The van der Waals surface area contributed by atoms with Gasteiger partial charge in [-0.15, -0.1) is 0 Å². The molecule has 0 fully saturated rings. The van der Waals surface area contributed by atoms with Crippen molar-refractivity contribution in [2.45, 2.75) is 13.8 Å². The predicted octanol–water partition coefficient (Wildman–Crippen LogP) is 5.92. The molecule has 2 aromatic carbocycles. The summed E-state index contributed by atoms with van der Waals surface area (Å²) in [6.07, 6.45) is 1.83. The van der Waals surface area contributed by atoms with Crippen LogP contribution in [0.25, 0.3) is 0 Å². The molecule has 22 heavy (non-hydrogen) atoms. The lowest BCUT2D eigenvalue weighted by Crippen LogP contribution is -2.14. The van der Waals surface area contributed by atoms with Crippen molar-refractivity contribution in [1.29, 1.82) is 0 Å². The van der Waals surface area contributed by atoms with Crippen molar-refractivity contribution in [2.24, 2.45) is 4.99 Å². The fraction of sp³-hybridized carbons (Fsp3) is 0.235. The maximum atomic E-state index is 5.98. The summed E-state index contributed by atoms with van der Waals surface area (Å²) in [5, 5.41) is 0. The summed E-state index contributed by atoms with van der Waals surface area (Å²) >= 11 is 7.06. The second-order valence-corrected chi connectivity index (χ2v) is 6.63. The summed E-state index contributed by atoms with van der Waals surface area (Å²) in [5.41, 5.74) is 1.92. The predicted molar refractivity (Wildman–Crippen MR) is 99.6 cm³/mol. The monoisotopic (exact) mass is 424 g/mol. The standard InChI is InChI=1S/C17H18Br2N2O/c1-4-21(3)11-20-15-9-12(2)17(10-14(15)19)22-16-8-6-5-7-13(16)18/h5-11H,4H2,1-3H3/b20-11-. The Morgan fingerprint density at radius 2 is 1.86 bits per heavy atom. The highest BCUT2D eigenvalue weighted by atomic mass is 79.9. The van der Waals surface area contributed by atoms with E-state index in [-0.39, 0.29) is 0 Å². The highest BCUT2D eigenvalue weighted by Crippen LogP contribution is 2.36. The number of benzene rings is 2. The van der Waals surface area contributed by atoms with Gasteiger partial charge in [0.2, 0.25) is 0 Å². The number of halogens is 2. The minimum Gasteiger partial charge on any atom is -0.456 e. The average molecular weight is 426 g/mol. The van der Waals surface area contributed by atoms with E-state index in [0.717, 1.165) is 38.2 Å². The second-order valence-electron chi connectivity index (χ2n) is 4.92. The van der Waals surface area contributed by atoms with Crippen LogP contribution in [-0.2, 0) is 0 Å². The molecule has 116 valence electrons. The molecule has 0 atom stereocenters. The molecule has 0 spiro atoms. The number of nitrogens with zero attached hydrogens (tertiary/aromatic N) is 2. The van der Waals surface area contributed by atoms with Gasteiger partial charge in [-0.25, -0.2) is 4.99 Å². The molecule has 0 aliphatic carbocycles. The molecule has 0 aliphatic rings. The first kappa shape index (κ1) is 17.0. The molecule has 0 saturated heterocycles. The molecule has 5 heteroatoms. The zero-order valence-corrected chi connectivity index (χ0v) is 16.0. The topological polar surface area (TPSA) is 24.8 Å². The number of ether oxygens (including phenoxy) is 1. The van der Waals surface area contributed by atoms with E-state index in [2.05, 4.69) is 43.8 Å². The van der Waals surface area contributed by atoms with E-state index in [1.54, 1.807) is 0 Å². The van der Waals surface area contributed by atoms with Gasteiger partial charge in [0.05, 0.1) is 16.5 Å². The molecule has 0 saturated carbocycles. The van der Waals surface area contributed by atoms with Gasteiger partial charge in [-0.1, -0.05) is 12.1 Å². The molecule has 0 bridgehead atoms. The molecule has 2 aromatic rings. The SMILES string of the molecule is CCN(C)/C=N\c1cc(C)c(Oc2ccccc2Br)cc1Br. The largest absolute Gasteiger partial charge is 0.456 e. The molecule has 0 aromatic heterocycles. The van der Waals surface area contributed by atoms with E-state index >= 15 is 0 Å². The van der Waals surface area contributed by atoms with Crippen LogP contribution in [0.5, 0.6) is 11.5 Å². The lowest BCUT2D eigenvalue weighted by Gasteiger charge is -2.13. The molecular formula is C17H18Br2N2O. The van der Waals surface area contributed by atoms with Crippen molar-refractivity contribution in [1.82, 2.24) is 4.90 Å². The van der Waals surface area contributed by atoms with E-state index in [4.69, 9.17) is 4.74 Å². The molecule has 0 aliphatic heterocycles. The third-order valence-corrected chi connectivity index (χ3v) is 4.48. The maximum Gasteiger partial charge on any atom is 0.141 e. The summed E-state index contributed by atoms with van der Waals surface area (Å²) in [6, 6.07) is 11.8. The maximum absolute atomic E-state index is 5.98. The van der Waals surface area contributed by atoms with E-state index in [1.165, 1.54) is 0 Å². The van der Waals surface area contributed by atoms with Crippen LogP contribution in [-0.4, -0.2) is 24.8 Å². The Balaban J connectivity index is 2.27. The van der Waals surface area contributed by atoms with Crippen molar-refractivity contribution >= 4 is 43.9 Å². The molecule has 3 nitrogen and oxygen atoms in total. The van der Waals surface area contributed by atoms with Crippen LogP contribution in [0.1, 0.15) is 12.5 Å². The summed E-state index contributed by atoms with van der Waals surface area (Å²) in [5.74, 6) is 1.60. The van der Waals surface area contributed by atoms with Crippen molar-refractivity contribution in [3.8, 4) is 11.5 Å². The van der Waals surface area contributed by atoms with Crippen molar-refractivity contribution in [2.75, 3.05) is 13.6 Å². The Morgan fingerprint density at radius 1 is 1.14 bits per heavy atom. The van der Waals surface area contributed by atoms with Crippen LogP contribution in [0.15, 0.2) is 50.3 Å². The van der Waals surface area contributed by atoms with Gasteiger partial charge in [-0.05, 0) is 75.5 Å². The van der Waals surface area contributed by atoms with Crippen LogP contribution >= 0.6 is 31.9 Å². The third-order valence-electron chi connectivity index (χ3n) is 3.19. The number of para-hydroxylation sites is 1. The molecule has 0 amide bonds. The van der Waals surface area contributed by atoms with Crippen molar-refractivity contribution in [3.63, 3.8) is 0 Å². The second kappa shape index (κ2) is 7.79. The van der Waals surface area contributed by atoms with Gasteiger partial charge < -0.3 is 9.64 Å². The van der Waals surface area contributed by atoms with Gasteiger partial charge >= 0.3 is 0 Å². The zero-order chi connectivity index (χ0) is 16.1. The van der Waals surface area contributed by atoms with Crippen molar-refractivity contribution < 1.29 is 4.74 Å². The van der Waals surface area contributed by atoms with Crippen LogP contribution in [0, 0.1) is 6.92 Å². The van der Waals surface area contributed by atoms with Crippen LogP contribution in [0.3, 0.4) is 0 Å². The minimum absolute atomic E-state index is 0.791. The van der Waals surface area contributed by atoms with Crippen LogP contribution < -0.4 is 4.74 Å². The lowest BCUT2D eigenvalue weighted by molar-refractivity contribution is 0.475. The number of aliphatic imine (C=N–C) groups is 1. The van der Waals surface area contributed by atoms with Gasteiger partial charge in [0.25, 0.3) is 0 Å². The Morgan fingerprint density at radius 3 is 2.55 bits per heavy atom.